The monoisotopic (exact) mass is 333 g/mol. The van der Waals surface area contributed by atoms with Crippen molar-refractivity contribution in [2.45, 2.75) is 27.3 Å². The zero-order valence-corrected chi connectivity index (χ0v) is 14.9. The van der Waals surface area contributed by atoms with Gasteiger partial charge in [0, 0.05) is 18.8 Å². The number of nitrogens with zero attached hydrogens (tertiary/aromatic N) is 4. The molecule has 0 atom stereocenters. The Morgan fingerprint density at radius 3 is 2.52 bits per heavy atom. The number of nitrogens with one attached hydrogen (secondary N) is 1. The van der Waals surface area contributed by atoms with Crippen molar-refractivity contribution < 1.29 is 0 Å². The van der Waals surface area contributed by atoms with Crippen LogP contribution in [0, 0.1) is 13.8 Å². The molecule has 0 saturated carbocycles. The summed E-state index contributed by atoms with van der Waals surface area (Å²) in [6.45, 7) is 7.86. The van der Waals surface area contributed by atoms with Crippen LogP contribution in [0.2, 0.25) is 0 Å². The molecule has 0 aliphatic heterocycles. The second-order valence-electron chi connectivity index (χ2n) is 6.07. The smallest absolute Gasteiger partial charge is 0.247 e. The Labute approximate surface area is 148 Å². The number of rotatable bonds is 6. The topological polar surface area (TPSA) is 53.9 Å². The van der Waals surface area contributed by atoms with E-state index in [1.54, 1.807) is 6.20 Å². The molecule has 25 heavy (non-hydrogen) atoms. The van der Waals surface area contributed by atoms with E-state index in [1.165, 1.54) is 16.7 Å². The first kappa shape index (κ1) is 16.9. The Morgan fingerprint density at radius 1 is 1.00 bits per heavy atom. The molecule has 0 unspecified atom stereocenters. The number of benzene rings is 2. The van der Waals surface area contributed by atoms with Crippen molar-refractivity contribution in [3.05, 3.63) is 71.4 Å². The van der Waals surface area contributed by atoms with Gasteiger partial charge in [-0.25, -0.2) is 0 Å². The molecule has 0 fully saturated rings. The van der Waals surface area contributed by atoms with Crippen LogP contribution in [0.25, 0.3) is 0 Å². The molecular formula is C20H23N5. The molecule has 128 valence electrons. The minimum absolute atomic E-state index is 0.625. The van der Waals surface area contributed by atoms with E-state index in [0.29, 0.717) is 11.8 Å². The summed E-state index contributed by atoms with van der Waals surface area (Å²) in [6.07, 6.45) is 1.65. The Hall–Kier alpha value is -2.95. The highest BCUT2D eigenvalue weighted by Crippen LogP contribution is 2.19. The van der Waals surface area contributed by atoms with Gasteiger partial charge in [-0.05, 0) is 49.6 Å². The predicted octanol–water partition coefficient (Wildman–Crippen LogP) is 4.26. The first-order valence-electron chi connectivity index (χ1n) is 8.48. The summed E-state index contributed by atoms with van der Waals surface area (Å²) in [6, 6.07) is 16.6. The molecule has 0 aliphatic rings. The summed E-state index contributed by atoms with van der Waals surface area (Å²) < 4.78 is 0. The molecule has 1 aromatic heterocycles. The molecule has 0 radical (unpaired) electrons. The van der Waals surface area contributed by atoms with E-state index in [0.717, 1.165) is 18.8 Å². The normalized spacial score (nSPS) is 10.5. The molecule has 0 bridgehead atoms. The van der Waals surface area contributed by atoms with Gasteiger partial charge in [0.1, 0.15) is 0 Å². The van der Waals surface area contributed by atoms with E-state index in [2.05, 4.69) is 70.4 Å². The number of hydrogen-bond donors (Lipinski definition) is 1. The van der Waals surface area contributed by atoms with E-state index < -0.39 is 0 Å². The van der Waals surface area contributed by atoms with E-state index in [1.807, 2.05) is 24.3 Å². The zero-order valence-electron chi connectivity index (χ0n) is 14.9. The van der Waals surface area contributed by atoms with Crippen LogP contribution in [0.4, 0.5) is 17.5 Å². The largest absolute Gasteiger partial charge is 0.339 e. The lowest BCUT2D eigenvalue weighted by Gasteiger charge is -2.20. The first-order valence-corrected chi connectivity index (χ1v) is 8.48. The molecule has 2 aromatic carbocycles. The van der Waals surface area contributed by atoms with Crippen LogP contribution in [0.5, 0.6) is 0 Å². The second kappa shape index (κ2) is 7.75. The van der Waals surface area contributed by atoms with Crippen molar-refractivity contribution in [2.24, 2.45) is 0 Å². The molecule has 5 heteroatoms. The van der Waals surface area contributed by atoms with Crippen LogP contribution >= 0.6 is 0 Å². The Kier molecular flexibility index (Phi) is 5.23. The lowest BCUT2D eigenvalue weighted by Crippen LogP contribution is -2.24. The van der Waals surface area contributed by atoms with E-state index in [4.69, 9.17) is 0 Å². The number of hydrogen-bond acceptors (Lipinski definition) is 5. The maximum absolute atomic E-state index is 4.63. The van der Waals surface area contributed by atoms with Gasteiger partial charge in [-0.3, -0.25) is 0 Å². The van der Waals surface area contributed by atoms with Gasteiger partial charge in [-0.15, -0.1) is 5.10 Å². The highest BCUT2D eigenvalue weighted by molar-refractivity contribution is 5.58. The van der Waals surface area contributed by atoms with Crippen LogP contribution in [-0.4, -0.2) is 21.7 Å². The summed E-state index contributed by atoms with van der Waals surface area (Å²) in [4.78, 5) is 6.73. The van der Waals surface area contributed by atoms with Gasteiger partial charge in [0.15, 0.2) is 5.82 Å². The Balaban J connectivity index is 1.78. The molecule has 3 rings (SSSR count). The first-order chi connectivity index (χ1) is 12.2. The third-order valence-corrected chi connectivity index (χ3v) is 4.21. The summed E-state index contributed by atoms with van der Waals surface area (Å²) in [5.41, 5.74) is 4.74. The SMILES string of the molecule is CCN(Cc1ccccc1)c1nncc(Nc2ccc(C)c(C)c2)n1. The highest BCUT2D eigenvalue weighted by atomic mass is 15.3. The van der Waals surface area contributed by atoms with E-state index >= 15 is 0 Å². The van der Waals surface area contributed by atoms with Gasteiger partial charge in [-0.1, -0.05) is 36.4 Å². The summed E-state index contributed by atoms with van der Waals surface area (Å²) in [5.74, 6) is 1.32. The van der Waals surface area contributed by atoms with Gasteiger partial charge in [-0.2, -0.15) is 10.1 Å². The Morgan fingerprint density at radius 2 is 1.80 bits per heavy atom. The molecule has 0 aliphatic carbocycles. The van der Waals surface area contributed by atoms with E-state index in [9.17, 15) is 0 Å². The average molecular weight is 333 g/mol. The molecule has 0 spiro atoms. The predicted molar refractivity (Wildman–Crippen MR) is 102 cm³/mol. The van der Waals surface area contributed by atoms with Gasteiger partial charge in [0.05, 0.1) is 6.20 Å². The van der Waals surface area contributed by atoms with Gasteiger partial charge in [0.25, 0.3) is 0 Å². The fourth-order valence-electron chi connectivity index (χ4n) is 2.58. The summed E-state index contributed by atoms with van der Waals surface area (Å²) in [5, 5.41) is 11.6. The van der Waals surface area contributed by atoms with Crippen molar-refractivity contribution >= 4 is 17.5 Å². The summed E-state index contributed by atoms with van der Waals surface area (Å²) in [7, 11) is 0. The van der Waals surface area contributed by atoms with Crippen LogP contribution in [0.1, 0.15) is 23.6 Å². The maximum Gasteiger partial charge on any atom is 0.247 e. The third-order valence-electron chi connectivity index (χ3n) is 4.21. The summed E-state index contributed by atoms with van der Waals surface area (Å²) >= 11 is 0. The molecule has 5 nitrogen and oxygen atoms in total. The maximum atomic E-state index is 4.63. The van der Waals surface area contributed by atoms with Crippen LogP contribution in [-0.2, 0) is 6.54 Å². The third kappa shape index (κ3) is 4.32. The van der Waals surface area contributed by atoms with Crippen LogP contribution in [0.3, 0.4) is 0 Å². The van der Waals surface area contributed by atoms with Gasteiger partial charge < -0.3 is 10.2 Å². The number of aromatic nitrogens is 3. The number of anilines is 3. The van der Waals surface area contributed by atoms with Crippen molar-refractivity contribution in [1.29, 1.82) is 0 Å². The van der Waals surface area contributed by atoms with E-state index in [-0.39, 0.29) is 0 Å². The van der Waals surface area contributed by atoms with Crippen molar-refractivity contribution in [3.8, 4) is 0 Å². The molecule has 3 aromatic rings. The van der Waals surface area contributed by atoms with Crippen LogP contribution in [0.15, 0.2) is 54.7 Å². The fourth-order valence-corrected chi connectivity index (χ4v) is 2.58. The molecular weight excluding hydrogens is 310 g/mol. The van der Waals surface area contributed by atoms with Crippen molar-refractivity contribution in [3.63, 3.8) is 0 Å². The van der Waals surface area contributed by atoms with Gasteiger partial charge in [0.2, 0.25) is 5.95 Å². The molecule has 1 heterocycles. The lowest BCUT2D eigenvalue weighted by molar-refractivity contribution is 0.771. The average Bonchev–Trinajstić information content (AvgIpc) is 2.64. The zero-order chi connectivity index (χ0) is 17.6. The molecule has 1 N–H and O–H groups in total. The van der Waals surface area contributed by atoms with Crippen molar-refractivity contribution in [1.82, 2.24) is 15.2 Å². The lowest BCUT2D eigenvalue weighted by atomic mass is 10.1. The van der Waals surface area contributed by atoms with Crippen LogP contribution < -0.4 is 10.2 Å². The minimum Gasteiger partial charge on any atom is -0.339 e. The Bertz CT molecular complexity index is 832. The van der Waals surface area contributed by atoms with Crippen molar-refractivity contribution in [2.75, 3.05) is 16.8 Å². The second-order valence-corrected chi connectivity index (χ2v) is 6.07. The molecule has 0 saturated heterocycles. The minimum atomic E-state index is 0.625. The fraction of sp³-hybridized carbons (Fsp3) is 0.250. The standard InChI is InChI=1S/C20H23N5/c1-4-25(14-17-8-6-5-7-9-17)20-23-19(13-21-24-20)22-18-11-10-15(2)16(3)12-18/h5-13H,4,14H2,1-3H3,(H,22,23,24). The molecule has 0 amide bonds. The quantitative estimate of drug-likeness (QED) is 0.730. The number of aryl methyl sites for hydroxylation is 2. The highest BCUT2D eigenvalue weighted by Gasteiger charge is 2.10. The van der Waals surface area contributed by atoms with Gasteiger partial charge >= 0.3 is 0 Å².